The smallest absolute Gasteiger partial charge is 0.339 e. The lowest BCUT2D eigenvalue weighted by Gasteiger charge is -2.08. The van der Waals surface area contributed by atoms with Crippen LogP contribution in [0.1, 0.15) is 34.8 Å². The zero-order valence-corrected chi connectivity index (χ0v) is 10.4. The first kappa shape index (κ1) is 13.6. The van der Waals surface area contributed by atoms with Crippen LogP contribution in [-0.4, -0.2) is 12.6 Å². The van der Waals surface area contributed by atoms with E-state index in [0.717, 1.165) is 12.1 Å². The molecule has 0 unspecified atom stereocenters. The van der Waals surface area contributed by atoms with E-state index in [9.17, 15) is 13.6 Å². The van der Waals surface area contributed by atoms with Crippen molar-refractivity contribution in [1.29, 1.82) is 5.26 Å². The Morgan fingerprint density at radius 1 is 1.59 bits per heavy atom. The summed E-state index contributed by atoms with van der Waals surface area (Å²) in [5.41, 5.74) is -0.577. The lowest BCUT2D eigenvalue weighted by molar-refractivity contribution is 0.0525. The van der Waals surface area contributed by atoms with Gasteiger partial charge in [-0.3, -0.25) is 0 Å². The molecule has 0 saturated heterocycles. The standard InChI is InChI=1S/C11H8BrF2NO2/c1-2-17-11(16)8-3-6(5-15)7(10(13)14)4-9(8)12/h3-4,10H,2H2,1H3. The van der Waals surface area contributed by atoms with Crippen LogP contribution in [0.25, 0.3) is 0 Å². The highest BCUT2D eigenvalue weighted by molar-refractivity contribution is 9.10. The second kappa shape index (κ2) is 5.73. The Labute approximate surface area is 105 Å². The van der Waals surface area contributed by atoms with Gasteiger partial charge in [0.05, 0.1) is 23.8 Å². The molecule has 1 rings (SSSR count). The molecular formula is C11H8BrF2NO2. The second-order valence-corrected chi connectivity index (χ2v) is 3.91. The molecule has 1 aromatic rings. The molecule has 3 nitrogen and oxygen atoms in total. The van der Waals surface area contributed by atoms with Crippen molar-refractivity contribution < 1.29 is 18.3 Å². The van der Waals surface area contributed by atoms with E-state index >= 15 is 0 Å². The molecule has 0 radical (unpaired) electrons. The fourth-order valence-electron chi connectivity index (χ4n) is 1.23. The summed E-state index contributed by atoms with van der Waals surface area (Å²) in [4.78, 5) is 11.5. The Morgan fingerprint density at radius 3 is 2.71 bits per heavy atom. The first-order valence-corrected chi connectivity index (χ1v) is 5.49. The molecule has 0 heterocycles. The number of ether oxygens (including phenoxy) is 1. The number of hydrogen-bond acceptors (Lipinski definition) is 3. The minimum absolute atomic E-state index is 0.0628. The molecule has 0 spiro atoms. The van der Waals surface area contributed by atoms with Crippen LogP contribution in [-0.2, 0) is 4.74 Å². The van der Waals surface area contributed by atoms with E-state index in [4.69, 9.17) is 10.00 Å². The number of rotatable bonds is 3. The minimum Gasteiger partial charge on any atom is -0.462 e. The summed E-state index contributed by atoms with van der Waals surface area (Å²) in [5.74, 6) is -0.656. The van der Waals surface area contributed by atoms with E-state index in [1.165, 1.54) is 0 Å². The average Bonchev–Trinajstić information content (AvgIpc) is 2.28. The van der Waals surface area contributed by atoms with Gasteiger partial charge < -0.3 is 4.74 Å². The molecule has 0 aromatic heterocycles. The highest BCUT2D eigenvalue weighted by Crippen LogP contribution is 2.29. The number of benzene rings is 1. The van der Waals surface area contributed by atoms with Gasteiger partial charge in [0, 0.05) is 10.0 Å². The zero-order valence-electron chi connectivity index (χ0n) is 8.84. The van der Waals surface area contributed by atoms with Crippen LogP contribution in [0.2, 0.25) is 0 Å². The van der Waals surface area contributed by atoms with Crippen molar-refractivity contribution in [3.63, 3.8) is 0 Å². The number of nitrogens with zero attached hydrogens (tertiary/aromatic N) is 1. The molecule has 0 amide bonds. The first-order chi connectivity index (χ1) is 8.01. The van der Waals surface area contributed by atoms with Crippen molar-refractivity contribution in [2.24, 2.45) is 0 Å². The molecule has 0 aliphatic heterocycles. The highest BCUT2D eigenvalue weighted by Gasteiger charge is 2.19. The fourth-order valence-corrected chi connectivity index (χ4v) is 1.75. The molecular weight excluding hydrogens is 296 g/mol. The topological polar surface area (TPSA) is 50.1 Å². The number of alkyl halides is 2. The molecule has 0 atom stereocenters. The SMILES string of the molecule is CCOC(=O)c1cc(C#N)c(C(F)F)cc1Br. The second-order valence-electron chi connectivity index (χ2n) is 3.05. The Bertz CT molecular complexity index is 483. The molecule has 17 heavy (non-hydrogen) atoms. The van der Waals surface area contributed by atoms with E-state index in [1.807, 2.05) is 0 Å². The third-order valence-corrected chi connectivity index (χ3v) is 2.65. The largest absolute Gasteiger partial charge is 0.462 e. The molecule has 90 valence electrons. The Morgan fingerprint density at radius 2 is 2.24 bits per heavy atom. The Hall–Kier alpha value is -1.48. The summed E-state index contributed by atoms with van der Waals surface area (Å²) in [7, 11) is 0. The minimum atomic E-state index is -2.77. The van der Waals surface area contributed by atoms with Crippen molar-refractivity contribution in [3.05, 3.63) is 33.3 Å². The molecule has 0 aliphatic carbocycles. The average molecular weight is 304 g/mol. The number of nitriles is 1. The summed E-state index contributed by atoms with van der Waals surface area (Å²) in [6.45, 7) is 1.80. The van der Waals surface area contributed by atoms with Gasteiger partial charge >= 0.3 is 5.97 Å². The molecule has 6 heteroatoms. The van der Waals surface area contributed by atoms with Gasteiger partial charge in [0.1, 0.15) is 0 Å². The van der Waals surface area contributed by atoms with Crippen molar-refractivity contribution in [1.82, 2.24) is 0 Å². The number of halogens is 3. The maximum absolute atomic E-state index is 12.6. The Kier molecular flexibility index (Phi) is 4.58. The highest BCUT2D eigenvalue weighted by atomic mass is 79.9. The van der Waals surface area contributed by atoms with Gasteiger partial charge in [0.25, 0.3) is 6.43 Å². The van der Waals surface area contributed by atoms with Gasteiger partial charge in [0.15, 0.2) is 0 Å². The number of carbonyl (C=O) groups excluding carboxylic acids is 1. The van der Waals surface area contributed by atoms with E-state index in [2.05, 4.69) is 15.9 Å². The number of hydrogen-bond donors (Lipinski definition) is 0. The summed E-state index contributed by atoms with van der Waals surface area (Å²) < 4.78 is 30.1. The van der Waals surface area contributed by atoms with Crippen molar-refractivity contribution in [2.75, 3.05) is 6.61 Å². The quantitative estimate of drug-likeness (QED) is 0.804. The number of carbonyl (C=O) groups is 1. The summed E-state index contributed by atoms with van der Waals surface area (Å²) >= 11 is 3.01. The van der Waals surface area contributed by atoms with E-state index in [-0.39, 0.29) is 22.2 Å². The maximum Gasteiger partial charge on any atom is 0.339 e. The third kappa shape index (κ3) is 3.01. The molecule has 0 bridgehead atoms. The van der Waals surface area contributed by atoms with E-state index < -0.39 is 18.0 Å². The molecule has 0 N–H and O–H groups in total. The van der Waals surface area contributed by atoms with Crippen LogP contribution >= 0.6 is 15.9 Å². The van der Waals surface area contributed by atoms with Crippen molar-refractivity contribution in [2.45, 2.75) is 13.3 Å². The van der Waals surface area contributed by atoms with Gasteiger partial charge in [-0.15, -0.1) is 0 Å². The normalized spacial score (nSPS) is 10.1. The lowest BCUT2D eigenvalue weighted by Crippen LogP contribution is -2.07. The summed E-state index contributed by atoms with van der Waals surface area (Å²) in [5, 5.41) is 8.74. The van der Waals surface area contributed by atoms with Crippen LogP contribution in [0.15, 0.2) is 16.6 Å². The van der Waals surface area contributed by atoms with Gasteiger partial charge in [0.2, 0.25) is 0 Å². The van der Waals surface area contributed by atoms with Crippen LogP contribution < -0.4 is 0 Å². The lowest BCUT2D eigenvalue weighted by atomic mass is 10.1. The van der Waals surface area contributed by atoms with Gasteiger partial charge in [-0.2, -0.15) is 5.26 Å². The molecule has 0 saturated carbocycles. The first-order valence-electron chi connectivity index (χ1n) is 4.70. The predicted molar refractivity (Wildman–Crippen MR) is 59.8 cm³/mol. The van der Waals surface area contributed by atoms with Gasteiger partial charge in [-0.25, -0.2) is 13.6 Å². The van der Waals surface area contributed by atoms with Crippen LogP contribution in [0.3, 0.4) is 0 Å². The fraction of sp³-hybridized carbons (Fsp3) is 0.273. The summed E-state index contributed by atoms with van der Waals surface area (Å²) in [6, 6.07) is 3.80. The predicted octanol–water partition coefficient (Wildman–Crippen LogP) is 3.44. The van der Waals surface area contributed by atoms with Crippen molar-refractivity contribution in [3.8, 4) is 6.07 Å². The van der Waals surface area contributed by atoms with Gasteiger partial charge in [-0.1, -0.05) is 0 Å². The maximum atomic E-state index is 12.6. The van der Waals surface area contributed by atoms with Crippen LogP contribution in [0.5, 0.6) is 0 Å². The van der Waals surface area contributed by atoms with Crippen LogP contribution in [0, 0.1) is 11.3 Å². The van der Waals surface area contributed by atoms with E-state index in [1.54, 1.807) is 13.0 Å². The zero-order chi connectivity index (χ0) is 13.0. The van der Waals surface area contributed by atoms with Crippen molar-refractivity contribution >= 4 is 21.9 Å². The Balaban J connectivity index is 3.28. The summed E-state index contributed by atoms with van der Waals surface area (Å²) in [6.07, 6.45) is -2.77. The van der Waals surface area contributed by atoms with Crippen LogP contribution in [0.4, 0.5) is 8.78 Å². The van der Waals surface area contributed by atoms with Gasteiger partial charge in [-0.05, 0) is 35.0 Å². The molecule has 0 fully saturated rings. The third-order valence-electron chi connectivity index (χ3n) is 1.99. The number of esters is 1. The molecule has 0 aliphatic rings. The van der Waals surface area contributed by atoms with E-state index in [0.29, 0.717) is 0 Å². The monoisotopic (exact) mass is 303 g/mol. The molecule has 1 aromatic carbocycles.